The van der Waals surface area contributed by atoms with Crippen molar-refractivity contribution in [2.24, 2.45) is 0 Å². The van der Waals surface area contributed by atoms with Crippen LogP contribution in [0.15, 0.2) is 28.9 Å². The van der Waals surface area contributed by atoms with Gasteiger partial charge in [-0.1, -0.05) is 29.3 Å². The summed E-state index contributed by atoms with van der Waals surface area (Å²) in [6.45, 7) is 3.60. The number of amides is 1. The molecule has 1 saturated carbocycles. The first-order valence-electron chi connectivity index (χ1n) is 9.09. The molecule has 2 aliphatic rings. The van der Waals surface area contributed by atoms with E-state index in [1.54, 1.807) is 4.90 Å². The standard InChI is InChI=1S/C19H21Cl2N3O3/c20-15-4-1-13(9-16(15)21)10-24(14-2-3-14)11-18-22-17(12-27-18)19(25)23-5-7-26-8-6-23/h1,4,9,12,14H,2-3,5-8,10-11H2. The molecule has 0 radical (unpaired) electrons. The van der Waals surface area contributed by atoms with E-state index in [0.29, 0.717) is 60.5 Å². The minimum Gasteiger partial charge on any atom is -0.447 e. The van der Waals surface area contributed by atoms with Crippen LogP contribution in [0.3, 0.4) is 0 Å². The normalized spacial score (nSPS) is 17.5. The highest BCUT2D eigenvalue weighted by Gasteiger charge is 2.30. The maximum atomic E-state index is 12.5. The first-order valence-corrected chi connectivity index (χ1v) is 9.85. The summed E-state index contributed by atoms with van der Waals surface area (Å²) in [5, 5.41) is 1.11. The van der Waals surface area contributed by atoms with Gasteiger partial charge < -0.3 is 14.1 Å². The fraction of sp³-hybridized carbons (Fsp3) is 0.474. The number of aromatic nitrogens is 1. The molecule has 144 valence electrons. The molecule has 1 aromatic carbocycles. The number of hydrogen-bond donors (Lipinski definition) is 0. The van der Waals surface area contributed by atoms with E-state index in [1.165, 1.54) is 6.26 Å². The summed E-state index contributed by atoms with van der Waals surface area (Å²) in [6, 6.07) is 6.19. The lowest BCUT2D eigenvalue weighted by Crippen LogP contribution is -2.40. The Bertz CT molecular complexity index is 816. The largest absolute Gasteiger partial charge is 0.447 e. The summed E-state index contributed by atoms with van der Waals surface area (Å²) in [7, 11) is 0. The van der Waals surface area contributed by atoms with E-state index < -0.39 is 0 Å². The molecule has 1 amide bonds. The van der Waals surface area contributed by atoms with E-state index in [2.05, 4.69) is 9.88 Å². The highest BCUT2D eigenvalue weighted by atomic mass is 35.5. The van der Waals surface area contributed by atoms with Crippen LogP contribution in [-0.2, 0) is 17.8 Å². The third kappa shape index (κ3) is 4.63. The lowest BCUT2D eigenvalue weighted by atomic mass is 10.2. The van der Waals surface area contributed by atoms with Crippen LogP contribution in [0.2, 0.25) is 10.0 Å². The molecule has 2 heterocycles. The van der Waals surface area contributed by atoms with E-state index in [-0.39, 0.29) is 5.91 Å². The highest BCUT2D eigenvalue weighted by molar-refractivity contribution is 6.42. The Morgan fingerprint density at radius 1 is 1.19 bits per heavy atom. The van der Waals surface area contributed by atoms with Crippen LogP contribution in [0.5, 0.6) is 0 Å². The van der Waals surface area contributed by atoms with Crippen LogP contribution in [0, 0.1) is 0 Å². The average Bonchev–Trinajstić information content (AvgIpc) is 3.43. The van der Waals surface area contributed by atoms with Crippen molar-refractivity contribution in [2.75, 3.05) is 26.3 Å². The molecular formula is C19H21Cl2N3O3. The quantitative estimate of drug-likeness (QED) is 0.728. The summed E-state index contributed by atoms with van der Waals surface area (Å²) in [5.41, 5.74) is 1.45. The summed E-state index contributed by atoms with van der Waals surface area (Å²) >= 11 is 12.1. The van der Waals surface area contributed by atoms with E-state index in [9.17, 15) is 4.79 Å². The van der Waals surface area contributed by atoms with Gasteiger partial charge in [0, 0.05) is 25.7 Å². The number of rotatable bonds is 6. The lowest BCUT2D eigenvalue weighted by molar-refractivity contribution is 0.0299. The van der Waals surface area contributed by atoms with Gasteiger partial charge >= 0.3 is 0 Å². The summed E-state index contributed by atoms with van der Waals surface area (Å²) < 4.78 is 10.9. The topological polar surface area (TPSA) is 58.8 Å². The second-order valence-corrected chi connectivity index (χ2v) is 7.73. The molecule has 1 saturated heterocycles. The monoisotopic (exact) mass is 409 g/mol. The number of oxazole rings is 1. The zero-order valence-corrected chi connectivity index (χ0v) is 16.4. The molecule has 2 aromatic rings. The molecule has 0 N–H and O–H groups in total. The number of benzene rings is 1. The smallest absolute Gasteiger partial charge is 0.275 e. The van der Waals surface area contributed by atoms with Crippen LogP contribution in [0.4, 0.5) is 0 Å². The van der Waals surface area contributed by atoms with Crippen LogP contribution < -0.4 is 0 Å². The molecular weight excluding hydrogens is 389 g/mol. The molecule has 0 atom stereocenters. The molecule has 8 heteroatoms. The Labute approximate surface area is 168 Å². The molecule has 2 fully saturated rings. The van der Waals surface area contributed by atoms with Crippen molar-refractivity contribution in [1.82, 2.24) is 14.8 Å². The van der Waals surface area contributed by atoms with Crippen LogP contribution in [0.1, 0.15) is 34.8 Å². The van der Waals surface area contributed by atoms with Gasteiger partial charge in [0.15, 0.2) is 5.69 Å². The average molecular weight is 410 g/mol. The van der Waals surface area contributed by atoms with Gasteiger partial charge in [-0.05, 0) is 30.5 Å². The fourth-order valence-electron chi connectivity index (χ4n) is 3.21. The first-order chi connectivity index (χ1) is 13.1. The zero-order valence-electron chi connectivity index (χ0n) is 14.9. The van der Waals surface area contributed by atoms with Gasteiger partial charge in [0.2, 0.25) is 5.89 Å². The predicted octanol–water partition coefficient (Wildman–Crippen LogP) is 3.62. The van der Waals surface area contributed by atoms with E-state index in [1.807, 2.05) is 18.2 Å². The molecule has 1 aliphatic carbocycles. The lowest BCUT2D eigenvalue weighted by Gasteiger charge is -2.25. The number of carbonyl (C=O) groups is 1. The molecule has 1 aliphatic heterocycles. The maximum absolute atomic E-state index is 12.5. The van der Waals surface area contributed by atoms with Crippen molar-refractivity contribution in [3.63, 3.8) is 0 Å². The van der Waals surface area contributed by atoms with Gasteiger partial charge in [0.25, 0.3) is 5.91 Å². The van der Waals surface area contributed by atoms with Crippen molar-refractivity contribution in [2.45, 2.75) is 32.0 Å². The number of ether oxygens (including phenoxy) is 1. The Morgan fingerprint density at radius 2 is 1.96 bits per heavy atom. The third-order valence-corrected chi connectivity index (χ3v) is 5.58. The van der Waals surface area contributed by atoms with Crippen LogP contribution >= 0.6 is 23.2 Å². The summed E-state index contributed by atoms with van der Waals surface area (Å²) in [4.78, 5) is 21.0. The second-order valence-electron chi connectivity index (χ2n) is 6.92. The van der Waals surface area contributed by atoms with Gasteiger partial charge in [-0.15, -0.1) is 0 Å². The van der Waals surface area contributed by atoms with Crippen LogP contribution in [0.25, 0.3) is 0 Å². The molecule has 0 unspecified atom stereocenters. The number of halogens is 2. The predicted molar refractivity (Wildman–Crippen MR) is 102 cm³/mol. The second kappa shape index (κ2) is 8.19. The molecule has 4 rings (SSSR count). The number of carbonyl (C=O) groups excluding carboxylic acids is 1. The van der Waals surface area contributed by atoms with Gasteiger partial charge in [0.1, 0.15) is 6.26 Å². The van der Waals surface area contributed by atoms with Crippen LogP contribution in [-0.4, -0.2) is 53.0 Å². The first kappa shape index (κ1) is 18.7. The molecule has 27 heavy (non-hydrogen) atoms. The summed E-state index contributed by atoms with van der Waals surface area (Å²) in [5.74, 6) is 0.453. The SMILES string of the molecule is O=C(c1coc(CN(Cc2ccc(Cl)c(Cl)c2)C2CC2)n1)N1CCOCC1. The van der Waals surface area contributed by atoms with Crippen molar-refractivity contribution in [3.8, 4) is 0 Å². The van der Waals surface area contributed by atoms with Crippen molar-refractivity contribution < 1.29 is 13.9 Å². The molecule has 0 spiro atoms. The van der Waals surface area contributed by atoms with E-state index in [0.717, 1.165) is 24.9 Å². The molecule has 0 bridgehead atoms. The zero-order chi connectivity index (χ0) is 18.8. The Balaban J connectivity index is 1.42. The number of nitrogens with zero attached hydrogens (tertiary/aromatic N) is 3. The van der Waals surface area contributed by atoms with Gasteiger partial charge in [-0.2, -0.15) is 0 Å². The fourth-order valence-corrected chi connectivity index (χ4v) is 3.53. The van der Waals surface area contributed by atoms with Gasteiger partial charge in [0.05, 0.1) is 29.8 Å². The maximum Gasteiger partial charge on any atom is 0.275 e. The Morgan fingerprint density at radius 3 is 2.67 bits per heavy atom. The van der Waals surface area contributed by atoms with E-state index in [4.69, 9.17) is 32.4 Å². The molecule has 6 nitrogen and oxygen atoms in total. The van der Waals surface area contributed by atoms with Gasteiger partial charge in [-0.25, -0.2) is 4.98 Å². The highest BCUT2D eigenvalue weighted by Crippen LogP contribution is 2.31. The van der Waals surface area contributed by atoms with Gasteiger partial charge in [-0.3, -0.25) is 9.69 Å². The Kier molecular flexibility index (Phi) is 5.68. The van der Waals surface area contributed by atoms with Crippen molar-refractivity contribution in [3.05, 3.63) is 51.7 Å². The number of hydrogen-bond acceptors (Lipinski definition) is 5. The van der Waals surface area contributed by atoms with Crippen molar-refractivity contribution >= 4 is 29.1 Å². The Hall–Kier alpha value is -1.60. The third-order valence-electron chi connectivity index (χ3n) is 4.84. The minimum absolute atomic E-state index is 0.101. The molecule has 1 aromatic heterocycles. The van der Waals surface area contributed by atoms with E-state index >= 15 is 0 Å². The van der Waals surface area contributed by atoms with Crippen molar-refractivity contribution in [1.29, 1.82) is 0 Å². The number of morpholine rings is 1. The summed E-state index contributed by atoms with van der Waals surface area (Å²) in [6.07, 6.45) is 3.76. The minimum atomic E-state index is -0.101.